The molecule has 28 heavy (non-hydrogen) atoms. The van der Waals surface area contributed by atoms with E-state index in [1.165, 1.54) is 0 Å². The molecular formula is C19H37NO7Si. The minimum atomic E-state index is -2.58. The lowest BCUT2D eigenvalue weighted by Crippen LogP contribution is -2.46. The van der Waals surface area contributed by atoms with E-state index in [4.69, 9.17) is 22.8 Å². The predicted octanol–water partition coefficient (Wildman–Crippen LogP) is 2.46. The van der Waals surface area contributed by atoms with E-state index in [0.29, 0.717) is 58.8 Å². The summed E-state index contributed by atoms with van der Waals surface area (Å²) in [5, 5.41) is 3.23. The lowest BCUT2D eigenvalue weighted by molar-refractivity contribution is -0.144. The first-order valence-electron chi connectivity index (χ1n) is 10.1. The summed E-state index contributed by atoms with van der Waals surface area (Å²) < 4.78 is 27.4. The molecule has 0 unspecified atom stereocenters. The Morgan fingerprint density at radius 1 is 0.893 bits per heavy atom. The fourth-order valence-electron chi connectivity index (χ4n) is 2.44. The number of hydrogen-bond donors (Lipinski definition) is 1. The fraction of sp³-hybridized carbons (Fsp3) is 0.789. The standard InChI is InChI=1S/C19H37NO7Si/c1-5-18(21)23-15-9-10-16-24-19(22)12-14-20-13-11-17-28(25-6-2,26-7-3)27-8-4/h5,20H,1,6-17H2,2-4H3. The van der Waals surface area contributed by atoms with Gasteiger partial charge in [0.15, 0.2) is 0 Å². The molecule has 0 fully saturated rings. The van der Waals surface area contributed by atoms with Crippen LogP contribution in [0.25, 0.3) is 0 Å². The molecule has 0 aromatic heterocycles. The van der Waals surface area contributed by atoms with Gasteiger partial charge in [0.05, 0.1) is 19.6 Å². The number of rotatable bonds is 19. The second kappa shape index (κ2) is 17.8. The molecule has 0 aliphatic heterocycles. The van der Waals surface area contributed by atoms with Crippen molar-refractivity contribution in [1.29, 1.82) is 0 Å². The first kappa shape index (κ1) is 26.7. The van der Waals surface area contributed by atoms with Gasteiger partial charge in [-0.3, -0.25) is 4.79 Å². The van der Waals surface area contributed by atoms with Gasteiger partial charge in [-0.05, 0) is 46.6 Å². The Morgan fingerprint density at radius 3 is 2.00 bits per heavy atom. The first-order chi connectivity index (χ1) is 13.5. The number of carbonyl (C=O) groups excluding carboxylic acids is 2. The summed E-state index contributed by atoms with van der Waals surface area (Å²) in [5.41, 5.74) is 0. The maximum Gasteiger partial charge on any atom is 0.500 e. The monoisotopic (exact) mass is 419 g/mol. The minimum Gasteiger partial charge on any atom is -0.466 e. The molecule has 0 heterocycles. The number of carbonyl (C=O) groups is 2. The molecule has 0 atom stereocenters. The maximum atomic E-state index is 11.7. The molecule has 0 spiro atoms. The number of unbranched alkanes of at least 4 members (excludes halogenated alkanes) is 1. The second-order valence-electron chi connectivity index (χ2n) is 5.88. The van der Waals surface area contributed by atoms with Crippen molar-refractivity contribution in [3.05, 3.63) is 12.7 Å². The summed E-state index contributed by atoms with van der Waals surface area (Å²) in [5.74, 6) is -0.677. The zero-order chi connectivity index (χ0) is 21.1. The zero-order valence-corrected chi connectivity index (χ0v) is 18.6. The van der Waals surface area contributed by atoms with Crippen LogP contribution in [-0.4, -0.2) is 66.9 Å². The van der Waals surface area contributed by atoms with E-state index >= 15 is 0 Å². The van der Waals surface area contributed by atoms with E-state index in [-0.39, 0.29) is 5.97 Å². The summed E-state index contributed by atoms with van der Waals surface area (Å²) in [7, 11) is -2.58. The molecule has 9 heteroatoms. The van der Waals surface area contributed by atoms with E-state index < -0.39 is 14.8 Å². The first-order valence-corrected chi connectivity index (χ1v) is 12.0. The van der Waals surface area contributed by atoms with E-state index in [9.17, 15) is 9.59 Å². The highest BCUT2D eigenvalue weighted by Crippen LogP contribution is 2.17. The molecule has 0 amide bonds. The van der Waals surface area contributed by atoms with Crippen LogP contribution in [0.3, 0.4) is 0 Å². The maximum absolute atomic E-state index is 11.7. The summed E-state index contributed by atoms with van der Waals surface area (Å²) in [6.45, 7) is 12.8. The zero-order valence-electron chi connectivity index (χ0n) is 17.6. The van der Waals surface area contributed by atoms with Crippen LogP contribution in [-0.2, 0) is 32.3 Å². The van der Waals surface area contributed by atoms with Gasteiger partial charge >= 0.3 is 20.7 Å². The van der Waals surface area contributed by atoms with Gasteiger partial charge in [0.1, 0.15) is 0 Å². The molecule has 164 valence electrons. The van der Waals surface area contributed by atoms with Crippen molar-refractivity contribution in [2.24, 2.45) is 0 Å². The van der Waals surface area contributed by atoms with Crippen LogP contribution < -0.4 is 5.32 Å². The van der Waals surface area contributed by atoms with Crippen LogP contribution in [0.15, 0.2) is 12.7 Å². The van der Waals surface area contributed by atoms with E-state index in [1.54, 1.807) is 0 Å². The summed E-state index contributed by atoms with van der Waals surface area (Å²) >= 11 is 0. The molecule has 0 saturated carbocycles. The highest BCUT2D eigenvalue weighted by Gasteiger charge is 2.39. The number of ether oxygens (including phenoxy) is 2. The average Bonchev–Trinajstić information content (AvgIpc) is 2.67. The van der Waals surface area contributed by atoms with E-state index in [2.05, 4.69) is 11.9 Å². The number of hydrogen-bond acceptors (Lipinski definition) is 8. The smallest absolute Gasteiger partial charge is 0.466 e. The Morgan fingerprint density at radius 2 is 1.46 bits per heavy atom. The third-order valence-electron chi connectivity index (χ3n) is 3.65. The lowest BCUT2D eigenvalue weighted by atomic mass is 10.3. The normalized spacial score (nSPS) is 11.2. The summed E-state index contributed by atoms with van der Waals surface area (Å²) in [4.78, 5) is 22.5. The van der Waals surface area contributed by atoms with Crippen molar-refractivity contribution < 1.29 is 32.3 Å². The lowest BCUT2D eigenvalue weighted by Gasteiger charge is -2.28. The summed E-state index contributed by atoms with van der Waals surface area (Å²) in [6, 6.07) is 0.746. The van der Waals surface area contributed by atoms with Gasteiger partial charge in [-0.25, -0.2) is 4.79 Å². The van der Waals surface area contributed by atoms with Crippen molar-refractivity contribution in [1.82, 2.24) is 5.32 Å². The predicted molar refractivity (Wildman–Crippen MR) is 109 cm³/mol. The highest BCUT2D eigenvalue weighted by atomic mass is 28.4. The van der Waals surface area contributed by atoms with Gasteiger partial charge in [-0.1, -0.05) is 6.58 Å². The third-order valence-corrected chi connectivity index (χ3v) is 6.80. The van der Waals surface area contributed by atoms with Crippen LogP contribution in [0.1, 0.15) is 46.5 Å². The molecule has 8 nitrogen and oxygen atoms in total. The van der Waals surface area contributed by atoms with Gasteiger partial charge in [-0.2, -0.15) is 0 Å². The van der Waals surface area contributed by atoms with Gasteiger partial charge in [0.2, 0.25) is 0 Å². The van der Waals surface area contributed by atoms with Gasteiger partial charge < -0.3 is 28.1 Å². The van der Waals surface area contributed by atoms with Crippen LogP contribution in [0.5, 0.6) is 0 Å². The SMILES string of the molecule is C=CC(=O)OCCCCOC(=O)CCNCCC[Si](OCC)(OCC)OCC. The quantitative estimate of drug-likeness (QED) is 0.148. The van der Waals surface area contributed by atoms with Gasteiger partial charge in [0.25, 0.3) is 0 Å². The van der Waals surface area contributed by atoms with Crippen molar-refractivity contribution in [3.63, 3.8) is 0 Å². The minimum absolute atomic E-state index is 0.239. The number of esters is 2. The molecule has 0 aliphatic carbocycles. The van der Waals surface area contributed by atoms with Crippen molar-refractivity contribution >= 4 is 20.7 Å². The van der Waals surface area contributed by atoms with Gasteiger partial charge in [-0.15, -0.1) is 0 Å². The Hall–Kier alpha value is -1.26. The van der Waals surface area contributed by atoms with Crippen molar-refractivity contribution in [2.75, 3.05) is 46.1 Å². The molecule has 0 aliphatic rings. The topological polar surface area (TPSA) is 92.3 Å². The molecule has 0 aromatic carbocycles. The van der Waals surface area contributed by atoms with E-state index in [1.807, 2.05) is 20.8 Å². The average molecular weight is 420 g/mol. The molecular weight excluding hydrogens is 382 g/mol. The van der Waals surface area contributed by atoms with Crippen LogP contribution in [0, 0.1) is 0 Å². The Kier molecular flexibility index (Phi) is 17.0. The largest absolute Gasteiger partial charge is 0.500 e. The summed E-state index contributed by atoms with van der Waals surface area (Å²) in [6.07, 6.45) is 3.60. The van der Waals surface area contributed by atoms with Crippen LogP contribution in [0.2, 0.25) is 6.04 Å². The Bertz CT molecular complexity index is 417. The van der Waals surface area contributed by atoms with Crippen LogP contribution >= 0.6 is 0 Å². The Labute approximate surface area is 170 Å². The van der Waals surface area contributed by atoms with Gasteiger partial charge in [0, 0.05) is 38.5 Å². The van der Waals surface area contributed by atoms with Crippen molar-refractivity contribution in [3.8, 4) is 0 Å². The fourth-order valence-corrected chi connectivity index (χ4v) is 5.05. The third kappa shape index (κ3) is 13.8. The highest BCUT2D eigenvalue weighted by molar-refractivity contribution is 6.60. The molecule has 0 bridgehead atoms. The number of nitrogens with one attached hydrogen (secondary N) is 1. The van der Waals surface area contributed by atoms with Crippen molar-refractivity contribution in [2.45, 2.75) is 52.5 Å². The molecule has 0 aromatic rings. The molecule has 0 saturated heterocycles. The van der Waals surface area contributed by atoms with Crippen LogP contribution in [0.4, 0.5) is 0 Å². The van der Waals surface area contributed by atoms with E-state index in [0.717, 1.165) is 25.1 Å². The Balaban J connectivity index is 3.75. The molecule has 0 rings (SSSR count). The second-order valence-corrected chi connectivity index (χ2v) is 8.62. The molecule has 0 radical (unpaired) electrons. The molecule has 1 N–H and O–H groups in total.